The number of carbonyl (C=O) groups is 1. The Morgan fingerprint density at radius 1 is 0.944 bits per heavy atom. The van der Waals surface area contributed by atoms with Crippen LogP contribution in [0.2, 0.25) is 0 Å². The van der Waals surface area contributed by atoms with Gasteiger partial charge in [-0.3, -0.25) is 19.6 Å². The van der Waals surface area contributed by atoms with Crippen LogP contribution in [0.1, 0.15) is 15.9 Å². The van der Waals surface area contributed by atoms with Crippen molar-refractivity contribution in [1.29, 1.82) is 0 Å². The number of nitrogens with zero attached hydrogens (tertiary/aromatic N) is 1. The number of para-hydroxylation sites is 1. The summed E-state index contributed by atoms with van der Waals surface area (Å²) in [7, 11) is 0. The molecule has 0 aliphatic carbocycles. The normalized spacial score (nSPS) is 9.33. The Morgan fingerprint density at radius 3 is 2.11 bits per heavy atom. The number of halogens is 1. The molecule has 0 bridgehead atoms. The maximum absolute atomic E-state index is 12.1. The summed E-state index contributed by atoms with van der Waals surface area (Å²) in [6.07, 6.45) is 0. The fourth-order valence-electron chi connectivity index (χ4n) is 1.57. The summed E-state index contributed by atoms with van der Waals surface area (Å²) in [6, 6.07) is 14.5. The molecule has 18 heavy (non-hydrogen) atoms. The van der Waals surface area contributed by atoms with E-state index in [1.54, 1.807) is 42.5 Å². The van der Waals surface area contributed by atoms with Crippen molar-refractivity contribution in [2.45, 2.75) is 0 Å². The molecular formula is C13H10FNO3. The fourth-order valence-corrected chi connectivity index (χ4v) is 1.57. The van der Waals surface area contributed by atoms with E-state index in [9.17, 15) is 14.9 Å². The highest BCUT2D eigenvalue weighted by Gasteiger charge is 2.19. The second kappa shape index (κ2) is 5.67. The monoisotopic (exact) mass is 247 g/mol. The molecule has 2 aromatic rings. The van der Waals surface area contributed by atoms with Crippen LogP contribution in [0.25, 0.3) is 0 Å². The standard InChI is InChI=1S/C13H9NO3.FH/c15-13(10-6-2-1-3-7-10)11-8-4-5-9-12(11)14(16)17;/h1-9H;1H. The van der Waals surface area contributed by atoms with Crippen LogP contribution >= 0.6 is 0 Å². The van der Waals surface area contributed by atoms with Gasteiger partial charge in [0, 0.05) is 11.6 Å². The van der Waals surface area contributed by atoms with Gasteiger partial charge < -0.3 is 0 Å². The van der Waals surface area contributed by atoms with Crippen LogP contribution in [-0.4, -0.2) is 10.7 Å². The van der Waals surface area contributed by atoms with Gasteiger partial charge >= 0.3 is 0 Å². The van der Waals surface area contributed by atoms with Crippen molar-refractivity contribution in [3.8, 4) is 0 Å². The topological polar surface area (TPSA) is 60.2 Å². The summed E-state index contributed by atoms with van der Waals surface area (Å²) in [6.45, 7) is 0. The first-order valence-electron chi connectivity index (χ1n) is 5.03. The fraction of sp³-hybridized carbons (Fsp3) is 0. The van der Waals surface area contributed by atoms with Crippen LogP contribution < -0.4 is 0 Å². The number of nitro groups is 1. The lowest BCUT2D eigenvalue weighted by Crippen LogP contribution is -2.04. The van der Waals surface area contributed by atoms with E-state index in [-0.39, 0.29) is 21.7 Å². The van der Waals surface area contributed by atoms with Crippen molar-refractivity contribution in [1.82, 2.24) is 0 Å². The van der Waals surface area contributed by atoms with Crippen LogP contribution in [0.5, 0.6) is 0 Å². The third kappa shape index (κ3) is 2.57. The third-order valence-corrected chi connectivity index (χ3v) is 2.38. The molecule has 0 N–H and O–H groups in total. The molecule has 0 aliphatic rings. The molecule has 0 radical (unpaired) electrons. The van der Waals surface area contributed by atoms with Crippen molar-refractivity contribution in [2.75, 3.05) is 0 Å². The average molecular weight is 247 g/mol. The molecule has 0 heterocycles. The highest BCUT2D eigenvalue weighted by atomic mass is 19.0. The van der Waals surface area contributed by atoms with E-state index in [2.05, 4.69) is 0 Å². The highest BCUT2D eigenvalue weighted by molar-refractivity contribution is 6.11. The van der Waals surface area contributed by atoms with E-state index in [0.717, 1.165) is 0 Å². The average Bonchev–Trinajstić information content (AvgIpc) is 2.39. The lowest BCUT2D eigenvalue weighted by atomic mass is 10.0. The maximum atomic E-state index is 12.1. The van der Waals surface area contributed by atoms with Gasteiger partial charge in [0.15, 0.2) is 5.78 Å². The van der Waals surface area contributed by atoms with Crippen molar-refractivity contribution in [2.24, 2.45) is 0 Å². The maximum Gasteiger partial charge on any atom is 0.280 e. The Morgan fingerprint density at radius 2 is 1.50 bits per heavy atom. The van der Waals surface area contributed by atoms with Gasteiger partial charge in [-0.05, 0) is 6.07 Å². The van der Waals surface area contributed by atoms with Gasteiger partial charge in [-0.1, -0.05) is 42.5 Å². The molecule has 5 heteroatoms. The van der Waals surface area contributed by atoms with Crippen LogP contribution in [0.4, 0.5) is 10.4 Å². The van der Waals surface area contributed by atoms with E-state index in [4.69, 9.17) is 0 Å². The number of carbonyl (C=O) groups excluding carboxylic acids is 1. The van der Waals surface area contributed by atoms with E-state index in [1.807, 2.05) is 0 Å². The van der Waals surface area contributed by atoms with E-state index >= 15 is 0 Å². The molecule has 0 saturated heterocycles. The molecule has 0 fully saturated rings. The van der Waals surface area contributed by atoms with E-state index in [1.165, 1.54) is 12.1 Å². The number of ketones is 1. The second-order valence-corrected chi connectivity index (χ2v) is 3.47. The molecule has 0 amide bonds. The van der Waals surface area contributed by atoms with Crippen LogP contribution in [-0.2, 0) is 0 Å². The first-order chi connectivity index (χ1) is 8.20. The Labute approximate surface area is 102 Å². The van der Waals surface area contributed by atoms with Gasteiger partial charge in [0.25, 0.3) is 5.69 Å². The third-order valence-electron chi connectivity index (χ3n) is 2.38. The Bertz CT molecular complexity index is 569. The summed E-state index contributed by atoms with van der Waals surface area (Å²) < 4.78 is 0. The Balaban J connectivity index is 0.00000162. The predicted octanol–water partition coefficient (Wildman–Crippen LogP) is 2.98. The smallest absolute Gasteiger partial charge is 0.280 e. The van der Waals surface area contributed by atoms with Gasteiger partial charge in [0.05, 0.1) is 4.92 Å². The number of rotatable bonds is 3. The lowest BCUT2D eigenvalue weighted by Gasteiger charge is -2.01. The first-order valence-corrected chi connectivity index (χ1v) is 5.03. The number of benzene rings is 2. The van der Waals surface area contributed by atoms with Crippen LogP contribution in [0, 0.1) is 10.1 Å². The minimum absolute atomic E-state index is 0. The highest BCUT2D eigenvalue weighted by Crippen LogP contribution is 2.20. The van der Waals surface area contributed by atoms with Crippen molar-refractivity contribution in [3.05, 3.63) is 75.8 Å². The second-order valence-electron chi connectivity index (χ2n) is 3.47. The summed E-state index contributed by atoms with van der Waals surface area (Å²) >= 11 is 0. The van der Waals surface area contributed by atoms with Crippen molar-refractivity contribution in [3.63, 3.8) is 0 Å². The van der Waals surface area contributed by atoms with Crippen LogP contribution in [0.15, 0.2) is 54.6 Å². The molecule has 0 aliphatic heterocycles. The number of nitro benzene ring substituents is 1. The van der Waals surface area contributed by atoms with Crippen molar-refractivity contribution >= 4 is 11.5 Å². The van der Waals surface area contributed by atoms with Gasteiger partial charge in [0.2, 0.25) is 0 Å². The molecule has 0 spiro atoms. The summed E-state index contributed by atoms with van der Waals surface area (Å²) in [5.41, 5.74) is 0.395. The Kier molecular flexibility index (Phi) is 4.26. The largest absolute Gasteiger partial charge is 0.288 e. The van der Waals surface area contributed by atoms with Gasteiger partial charge in [-0.2, -0.15) is 0 Å². The molecule has 4 nitrogen and oxygen atoms in total. The summed E-state index contributed by atoms with van der Waals surface area (Å²) in [4.78, 5) is 22.3. The minimum Gasteiger partial charge on any atom is -0.288 e. The Hall–Kier alpha value is -2.56. The summed E-state index contributed by atoms with van der Waals surface area (Å²) in [5.74, 6) is -0.335. The molecular weight excluding hydrogens is 237 g/mol. The molecule has 0 saturated carbocycles. The van der Waals surface area contributed by atoms with Gasteiger partial charge in [0.1, 0.15) is 5.56 Å². The SMILES string of the molecule is F.O=C(c1ccccc1)c1ccccc1[N+](=O)[O-]. The minimum atomic E-state index is -0.545. The van der Waals surface area contributed by atoms with Gasteiger partial charge in [-0.15, -0.1) is 0 Å². The number of hydrogen-bond donors (Lipinski definition) is 0. The zero-order valence-electron chi connectivity index (χ0n) is 9.28. The van der Waals surface area contributed by atoms with Crippen molar-refractivity contribution < 1.29 is 14.4 Å². The molecule has 2 rings (SSSR count). The molecule has 0 atom stereocenters. The molecule has 0 unspecified atom stereocenters. The zero-order valence-corrected chi connectivity index (χ0v) is 9.28. The summed E-state index contributed by atoms with van der Waals surface area (Å²) in [5, 5.41) is 10.8. The van der Waals surface area contributed by atoms with E-state index in [0.29, 0.717) is 5.56 Å². The number of hydrogen-bond acceptors (Lipinski definition) is 3. The lowest BCUT2D eigenvalue weighted by molar-refractivity contribution is -0.385. The molecule has 92 valence electrons. The van der Waals surface area contributed by atoms with Crippen LogP contribution in [0.3, 0.4) is 0 Å². The molecule has 0 aromatic heterocycles. The van der Waals surface area contributed by atoms with E-state index < -0.39 is 4.92 Å². The van der Waals surface area contributed by atoms with Gasteiger partial charge in [-0.25, -0.2) is 0 Å². The molecule has 2 aromatic carbocycles. The predicted molar refractivity (Wildman–Crippen MR) is 65.5 cm³/mol. The quantitative estimate of drug-likeness (QED) is 0.476. The first kappa shape index (κ1) is 13.5. The zero-order chi connectivity index (χ0) is 12.3.